The van der Waals surface area contributed by atoms with Crippen LogP contribution in [0.3, 0.4) is 0 Å². The summed E-state index contributed by atoms with van der Waals surface area (Å²) in [5.41, 5.74) is 4.39. The van der Waals surface area contributed by atoms with Gasteiger partial charge in [-0.15, -0.1) is 14.9 Å². The van der Waals surface area contributed by atoms with E-state index in [9.17, 15) is 9.66 Å². The molecule has 7 heteroatoms. The fraction of sp³-hybridized carbons (Fsp3) is 0.391. The Morgan fingerprint density at radius 3 is 2.17 bits per heavy atom. The molecule has 2 aromatic heterocycles. The second-order valence-corrected chi connectivity index (χ2v) is 10.5. The zero-order valence-corrected chi connectivity index (χ0v) is 19.2. The van der Waals surface area contributed by atoms with Gasteiger partial charge >= 0.3 is 0 Å². The summed E-state index contributed by atoms with van der Waals surface area (Å²) in [6, 6.07) is 15.1. The predicted molar refractivity (Wildman–Crippen MR) is 122 cm³/mol. The van der Waals surface area contributed by atoms with Gasteiger partial charge in [-0.3, -0.25) is 0 Å². The Balaban J connectivity index is 2.18. The second-order valence-electron chi connectivity index (χ2n) is 8.54. The number of hydrogen-bond donors (Lipinski definition) is 2. The highest BCUT2D eigenvalue weighted by atomic mass is 32.2. The summed E-state index contributed by atoms with van der Waals surface area (Å²) in [6.07, 6.45) is -0.789. The Kier molecular flexibility index (Phi) is 6.67. The fourth-order valence-electron chi connectivity index (χ4n) is 3.31. The molecule has 1 aromatic carbocycles. The van der Waals surface area contributed by atoms with Gasteiger partial charge in [0.2, 0.25) is 0 Å². The molecule has 3 aromatic rings. The Bertz CT molecular complexity index is 977. The zero-order chi connectivity index (χ0) is 22.1. The largest absolute Gasteiger partial charge is 0.598 e. The minimum Gasteiger partial charge on any atom is -0.598 e. The molecular formula is C23H30N4O2S. The van der Waals surface area contributed by atoms with Crippen LogP contribution in [0.15, 0.2) is 48.5 Å². The summed E-state index contributed by atoms with van der Waals surface area (Å²) in [5, 5.41) is 19.6. The first-order valence-corrected chi connectivity index (χ1v) is 11.2. The minimum absolute atomic E-state index is 0.475. The predicted octanol–water partition coefficient (Wildman–Crippen LogP) is 4.02. The smallest absolute Gasteiger partial charge is 0.160 e. The maximum Gasteiger partial charge on any atom is 0.160 e. The standard InChI is InChI=1S/C23H30N4O2S/c1-15-12-13-16(2)27(15)20-14-19(21(17(3)28)26-30(29)23(4,5)6)22(25-24-20)18-10-8-7-9-11-18/h7-14,17,21,26,28H,1-6H3/t17?,21-,30+/m0/s1. The molecule has 0 amide bonds. The van der Waals surface area contributed by atoms with Crippen LogP contribution in [-0.4, -0.2) is 35.3 Å². The van der Waals surface area contributed by atoms with Crippen LogP contribution in [0.1, 0.15) is 50.7 Å². The van der Waals surface area contributed by atoms with E-state index in [1.165, 1.54) is 0 Å². The van der Waals surface area contributed by atoms with Gasteiger partial charge in [0.25, 0.3) is 0 Å². The summed E-state index contributed by atoms with van der Waals surface area (Å²) < 4.78 is 17.5. The zero-order valence-electron chi connectivity index (χ0n) is 18.4. The molecule has 0 saturated heterocycles. The number of nitrogens with zero attached hydrogens (tertiary/aromatic N) is 3. The highest BCUT2D eigenvalue weighted by Crippen LogP contribution is 2.31. The van der Waals surface area contributed by atoms with Crippen molar-refractivity contribution < 1.29 is 9.66 Å². The average Bonchev–Trinajstić information content (AvgIpc) is 3.03. The van der Waals surface area contributed by atoms with Crippen molar-refractivity contribution in [3.63, 3.8) is 0 Å². The lowest BCUT2D eigenvalue weighted by molar-refractivity contribution is 0.156. The van der Waals surface area contributed by atoms with Gasteiger partial charge in [0.05, 0.1) is 11.8 Å². The van der Waals surface area contributed by atoms with Crippen LogP contribution in [-0.2, 0) is 11.4 Å². The van der Waals surface area contributed by atoms with Crippen LogP contribution in [0.25, 0.3) is 17.1 Å². The van der Waals surface area contributed by atoms with E-state index in [0.717, 1.165) is 22.5 Å². The van der Waals surface area contributed by atoms with Crippen molar-refractivity contribution >= 4 is 11.4 Å². The monoisotopic (exact) mass is 426 g/mol. The topological polar surface area (TPSA) is 86.0 Å². The van der Waals surface area contributed by atoms with Gasteiger partial charge in [0.15, 0.2) is 5.82 Å². The quantitative estimate of drug-likeness (QED) is 0.581. The van der Waals surface area contributed by atoms with Gasteiger partial charge in [-0.25, -0.2) is 0 Å². The third kappa shape index (κ3) is 4.75. The van der Waals surface area contributed by atoms with E-state index in [0.29, 0.717) is 11.5 Å². The van der Waals surface area contributed by atoms with Crippen LogP contribution in [0.2, 0.25) is 0 Å². The van der Waals surface area contributed by atoms with Crippen LogP contribution < -0.4 is 4.72 Å². The molecule has 0 bridgehead atoms. The Hall–Kier alpha value is -2.19. The van der Waals surface area contributed by atoms with Crippen LogP contribution >= 0.6 is 0 Å². The molecule has 0 radical (unpaired) electrons. The molecule has 0 spiro atoms. The Labute approximate surface area is 181 Å². The third-order valence-corrected chi connectivity index (χ3v) is 6.55. The molecule has 3 atom stereocenters. The number of aliphatic hydroxyl groups excluding tert-OH is 1. The van der Waals surface area contributed by atoms with Crippen molar-refractivity contribution in [1.29, 1.82) is 0 Å². The van der Waals surface area contributed by atoms with E-state index in [1.54, 1.807) is 6.92 Å². The first-order chi connectivity index (χ1) is 14.1. The Morgan fingerprint density at radius 2 is 1.63 bits per heavy atom. The van der Waals surface area contributed by atoms with Gasteiger partial charge in [-0.1, -0.05) is 30.3 Å². The van der Waals surface area contributed by atoms with Crippen molar-refractivity contribution in [2.24, 2.45) is 0 Å². The minimum atomic E-state index is -1.37. The normalized spacial score (nSPS) is 15.1. The van der Waals surface area contributed by atoms with Crippen molar-refractivity contribution in [2.75, 3.05) is 0 Å². The second kappa shape index (κ2) is 8.89. The average molecular weight is 427 g/mol. The van der Waals surface area contributed by atoms with Gasteiger partial charge in [-0.2, -0.15) is 0 Å². The number of nitrogens with one attached hydrogen (secondary N) is 1. The van der Waals surface area contributed by atoms with Gasteiger partial charge in [0, 0.05) is 33.9 Å². The number of benzene rings is 1. The van der Waals surface area contributed by atoms with Crippen LogP contribution in [0.5, 0.6) is 0 Å². The molecule has 30 heavy (non-hydrogen) atoms. The van der Waals surface area contributed by atoms with Gasteiger partial charge in [-0.05, 0) is 59.7 Å². The van der Waals surface area contributed by atoms with Crippen molar-refractivity contribution in [2.45, 2.75) is 58.4 Å². The van der Waals surface area contributed by atoms with E-state index in [4.69, 9.17) is 0 Å². The lowest BCUT2D eigenvalue weighted by Gasteiger charge is -2.30. The highest BCUT2D eigenvalue weighted by molar-refractivity contribution is 7.90. The van der Waals surface area contributed by atoms with Crippen LogP contribution in [0, 0.1) is 13.8 Å². The van der Waals surface area contributed by atoms with E-state index >= 15 is 0 Å². The van der Waals surface area contributed by atoms with Crippen molar-refractivity contribution in [3.05, 3.63) is 65.5 Å². The molecule has 0 saturated carbocycles. The summed E-state index contributed by atoms with van der Waals surface area (Å²) in [7, 11) is 0. The number of aryl methyl sites for hydroxylation is 2. The van der Waals surface area contributed by atoms with Gasteiger partial charge < -0.3 is 14.2 Å². The summed E-state index contributed by atoms with van der Waals surface area (Å²) >= 11 is -1.37. The maximum atomic E-state index is 12.9. The van der Waals surface area contributed by atoms with Crippen molar-refractivity contribution in [3.8, 4) is 17.1 Å². The summed E-state index contributed by atoms with van der Waals surface area (Å²) in [4.78, 5) is 0. The summed E-state index contributed by atoms with van der Waals surface area (Å²) in [5.74, 6) is 0.665. The molecule has 0 fully saturated rings. The molecule has 3 rings (SSSR count). The van der Waals surface area contributed by atoms with Crippen molar-refractivity contribution in [1.82, 2.24) is 19.5 Å². The van der Waals surface area contributed by atoms with Crippen LogP contribution in [0.4, 0.5) is 0 Å². The highest BCUT2D eigenvalue weighted by Gasteiger charge is 2.33. The molecule has 0 aliphatic carbocycles. The van der Waals surface area contributed by atoms with E-state index in [-0.39, 0.29) is 0 Å². The Morgan fingerprint density at radius 1 is 1.03 bits per heavy atom. The summed E-state index contributed by atoms with van der Waals surface area (Å²) in [6.45, 7) is 11.4. The lowest BCUT2D eigenvalue weighted by atomic mass is 9.98. The number of rotatable bonds is 6. The first-order valence-electron chi connectivity index (χ1n) is 10.0. The first kappa shape index (κ1) is 22.5. The number of aromatic nitrogens is 3. The fourth-order valence-corrected chi connectivity index (χ4v) is 4.21. The van der Waals surface area contributed by atoms with E-state index in [2.05, 4.69) is 14.9 Å². The van der Waals surface area contributed by atoms with Gasteiger partial charge in [0.1, 0.15) is 10.8 Å². The number of hydrogen-bond acceptors (Lipinski definition) is 5. The van der Waals surface area contributed by atoms with E-state index < -0.39 is 28.3 Å². The molecule has 6 nitrogen and oxygen atoms in total. The molecular weight excluding hydrogens is 396 g/mol. The molecule has 2 heterocycles. The maximum absolute atomic E-state index is 12.9. The molecule has 2 N–H and O–H groups in total. The van der Waals surface area contributed by atoms with E-state index in [1.807, 2.05) is 87.7 Å². The lowest BCUT2D eigenvalue weighted by Crippen LogP contribution is -2.44. The SMILES string of the molecule is Cc1ccc(C)n1-c1cc([C@@H](N[S@+]([O-])C(C)(C)C)C(C)O)c(-c2ccccc2)nn1. The third-order valence-electron chi connectivity index (χ3n) is 4.97. The molecule has 160 valence electrons. The molecule has 0 aliphatic heterocycles. The molecule has 0 aliphatic rings. The molecule has 1 unspecified atom stereocenters. The number of aliphatic hydroxyl groups is 1.